The zero-order valence-electron chi connectivity index (χ0n) is 21.2. The maximum atomic E-state index is 12.9. The van der Waals surface area contributed by atoms with Gasteiger partial charge in [-0.3, -0.25) is 4.79 Å². The van der Waals surface area contributed by atoms with Gasteiger partial charge in [0, 0.05) is 23.5 Å². The number of esters is 1. The third kappa shape index (κ3) is 4.80. The van der Waals surface area contributed by atoms with E-state index in [2.05, 4.69) is 17.0 Å². The number of carbonyl (C=O) groups excluding carboxylic acids is 1. The summed E-state index contributed by atoms with van der Waals surface area (Å²) in [5.41, 5.74) is 2.96. The highest BCUT2D eigenvalue weighted by Crippen LogP contribution is 2.46. The highest BCUT2D eigenvalue weighted by atomic mass is 35.5. The van der Waals surface area contributed by atoms with E-state index in [1.165, 1.54) is 11.1 Å². The normalized spacial score (nSPS) is 25.2. The predicted molar refractivity (Wildman–Crippen MR) is 139 cm³/mol. The minimum absolute atomic E-state index is 0.0592. The van der Waals surface area contributed by atoms with Crippen LogP contribution in [0.25, 0.3) is 0 Å². The van der Waals surface area contributed by atoms with Crippen molar-refractivity contribution in [1.82, 2.24) is 0 Å². The van der Waals surface area contributed by atoms with Gasteiger partial charge in [0.05, 0.1) is 23.8 Å². The fourth-order valence-electron chi connectivity index (χ4n) is 5.97. The van der Waals surface area contributed by atoms with Crippen LogP contribution in [-0.2, 0) is 21.4 Å². The third-order valence-corrected chi connectivity index (χ3v) is 8.10. The second-order valence-corrected chi connectivity index (χ2v) is 12.0. The standard InChI is InChI=1S/C29H34ClNO5/c1-28(2,3)36-27(34)19-7-11-25-24(14-19)31(15-20-6-9-22(20)26(32)33)16-29(17-35-25)12-4-5-18-13-21(30)8-10-23(18)29/h7-8,10-11,13-14,20,22H,4-6,9,12,15-17H2,1-3H3,(H,32,33)/t20-,22+,29-/m0/s1. The van der Waals surface area contributed by atoms with Crippen molar-refractivity contribution in [2.75, 3.05) is 24.6 Å². The number of fused-ring (bicyclic) bond motifs is 3. The predicted octanol–water partition coefficient (Wildman–Crippen LogP) is 5.88. The lowest BCUT2D eigenvalue weighted by molar-refractivity contribution is -0.147. The van der Waals surface area contributed by atoms with E-state index in [-0.39, 0.29) is 23.2 Å². The molecule has 192 valence electrons. The molecule has 3 atom stereocenters. The molecule has 1 N–H and O–H groups in total. The fourth-order valence-corrected chi connectivity index (χ4v) is 6.17. The average Bonchev–Trinajstić information content (AvgIpc) is 2.92. The van der Waals surface area contributed by atoms with E-state index in [0.29, 0.717) is 37.4 Å². The van der Waals surface area contributed by atoms with Crippen LogP contribution >= 0.6 is 11.6 Å². The topological polar surface area (TPSA) is 76.1 Å². The fraction of sp³-hybridized carbons (Fsp3) is 0.517. The van der Waals surface area contributed by atoms with Gasteiger partial charge in [0.25, 0.3) is 0 Å². The molecule has 5 rings (SSSR count). The van der Waals surface area contributed by atoms with Gasteiger partial charge in [-0.15, -0.1) is 0 Å². The molecule has 2 aromatic carbocycles. The quantitative estimate of drug-likeness (QED) is 0.517. The van der Waals surface area contributed by atoms with Gasteiger partial charge in [0.2, 0.25) is 0 Å². The summed E-state index contributed by atoms with van der Waals surface area (Å²) in [6, 6.07) is 11.6. The lowest BCUT2D eigenvalue weighted by Crippen LogP contribution is -2.49. The third-order valence-electron chi connectivity index (χ3n) is 7.86. The number of hydrogen-bond donors (Lipinski definition) is 1. The molecule has 3 aliphatic rings. The number of aliphatic carboxylic acids is 1. The zero-order chi connectivity index (χ0) is 25.7. The van der Waals surface area contributed by atoms with Gasteiger partial charge in [-0.25, -0.2) is 4.79 Å². The Morgan fingerprint density at radius 2 is 2.00 bits per heavy atom. The highest BCUT2D eigenvalue weighted by Gasteiger charge is 2.44. The van der Waals surface area contributed by atoms with Crippen molar-refractivity contribution in [1.29, 1.82) is 0 Å². The van der Waals surface area contributed by atoms with E-state index in [9.17, 15) is 14.7 Å². The molecule has 7 heteroatoms. The molecule has 0 radical (unpaired) electrons. The van der Waals surface area contributed by atoms with E-state index < -0.39 is 11.6 Å². The van der Waals surface area contributed by atoms with Gasteiger partial charge >= 0.3 is 11.9 Å². The van der Waals surface area contributed by atoms with Crippen LogP contribution in [0.3, 0.4) is 0 Å². The van der Waals surface area contributed by atoms with Crippen LogP contribution in [0.2, 0.25) is 5.02 Å². The number of carboxylic acids is 1. The van der Waals surface area contributed by atoms with E-state index in [1.807, 2.05) is 39.0 Å². The summed E-state index contributed by atoms with van der Waals surface area (Å²) in [7, 11) is 0. The van der Waals surface area contributed by atoms with Crippen molar-refractivity contribution >= 4 is 29.2 Å². The van der Waals surface area contributed by atoms with Gasteiger partial charge in [-0.2, -0.15) is 0 Å². The zero-order valence-corrected chi connectivity index (χ0v) is 21.9. The number of aryl methyl sites for hydroxylation is 1. The molecular formula is C29H34ClNO5. The molecule has 0 saturated heterocycles. The summed E-state index contributed by atoms with van der Waals surface area (Å²) in [5.74, 6) is -0.670. The summed E-state index contributed by atoms with van der Waals surface area (Å²) < 4.78 is 12.1. The van der Waals surface area contributed by atoms with E-state index in [4.69, 9.17) is 21.1 Å². The van der Waals surface area contributed by atoms with Crippen molar-refractivity contribution in [3.8, 4) is 5.75 Å². The Morgan fingerprint density at radius 1 is 1.19 bits per heavy atom. The first-order chi connectivity index (χ1) is 17.0. The molecular weight excluding hydrogens is 478 g/mol. The molecule has 1 aliphatic heterocycles. The second kappa shape index (κ2) is 9.29. The molecule has 1 saturated carbocycles. The largest absolute Gasteiger partial charge is 0.490 e. The SMILES string of the molecule is CC(C)(C)OC(=O)c1ccc2c(c1)N(C[C@@H]1CC[C@H]1C(=O)O)C[C@@]1(CCCc3cc(Cl)ccc31)CO2. The van der Waals surface area contributed by atoms with E-state index in [0.717, 1.165) is 36.4 Å². The molecule has 1 fully saturated rings. The Hall–Kier alpha value is -2.73. The van der Waals surface area contributed by atoms with Crippen LogP contribution in [-0.4, -0.2) is 42.3 Å². The molecule has 2 aromatic rings. The van der Waals surface area contributed by atoms with Gasteiger partial charge in [0.15, 0.2) is 0 Å². The number of benzene rings is 2. The molecule has 0 unspecified atom stereocenters. The summed E-state index contributed by atoms with van der Waals surface area (Å²) in [6.07, 6.45) is 4.58. The van der Waals surface area contributed by atoms with Crippen LogP contribution < -0.4 is 9.64 Å². The molecule has 0 amide bonds. The molecule has 2 aliphatic carbocycles. The van der Waals surface area contributed by atoms with Crippen LogP contribution in [0.4, 0.5) is 5.69 Å². The van der Waals surface area contributed by atoms with E-state index in [1.54, 1.807) is 6.07 Å². The Labute approximate surface area is 217 Å². The molecule has 1 heterocycles. The number of carbonyl (C=O) groups is 2. The minimum atomic E-state index is -0.729. The second-order valence-electron chi connectivity index (χ2n) is 11.6. The summed E-state index contributed by atoms with van der Waals surface area (Å²) >= 11 is 6.33. The first-order valence-corrected chi connectivity index (χ1v) is 13.2. The number of nitrogens with zero attached hydrogens (tertiary/aromatic N) is 1. The van der Waals surface area contributed by atoms with Crippen LogP contribution in [0.5, 0.6) is 5.75 Å². The molecule has 1 spiro atoms. The minimum Gasteiger partial charge on any atom is -0.490 e. The van der Waals surface area contributed by atoms with E-state index >= 15 is 0 Å². The molecule has 0 bridgehead atoms. The Morgan fingerprint density at radius 3 is 2.69 bits per heavy atom. The lowest BCUT2D eigenvalue weighted by atomic mass is 9.69. The summed E-state index contributed by atoms with van der Waals surface area (Å²) in [4.78, 5) is 26.9. The van der Waals surface area contributed by atoms with Crippen LogP contribution in [0.1, 0.15) is 67.9 Å². The monoisotopic (exact) mass is 511 g/mol. The van der Waals surface area contributed by atoms with Crippen LogP contribution in [0, 0.1) is 11.8 Å². The average molecular weight is 512 g/mol. The van der Waals surface area contributed by atoms with Crippen molar-refractivity contribution < 1.29 is 24.2 Å². The number of anilines is 1. The van der Waals surface area contributed by atoms with Crippen molar-refractivity contribution in [2.24, 2.45) is 11.8 Å². The number of halogens is 1. The molecule has 6 nitrogen and oxygen atoms in total. The number of carboxylic acid groups (broad SMARTS) is 1. The molecule has 36 heavy (non-hydrogen) atoms. The Kier molecular flexibility index (Phi) is 6.44. The number of rotatable bonds is 4. The summed E-state index contributed by atoms with van der Waals surface area (Å²) in [6.45, 7) is 7.36. The van der Waals surface area contributed by atoms with Gasteiger partial charge in [-0.05, 0) is 100 Å². The first kappa shape index (κ1) is 24.9. The summed E-state index contributed by atoms with van der Waals surface area (Å²) in [5, 5.41) is 10.4. The Balaban J connectivity index is 1.54. The Bertz CT molecular complexity index is 1190. The number of hydrogen-bond acceptors (Lipinski definition) is 5. The van der Waals surface area contributed by atoms with Crippen molar-refractivity contribution in [2.45, 2.75) is 63.9 Å². The van der Waals surface area contributed by atoms with Crippen molar-refractivity contribution in [3.05, 3.63) is 58.1 Å². The number of ether oxygens (including phenoxy) is 2. The van der Waals surface area contributed by atoms with Gasteiger partial charge < -0.3 is 19.5 Å². The maximum absolute atomic E-state index is 12.9. The van der Waals surface area contributed by atoms with Gasteiger partial charge in [0.1, 0.15) is 11.4 Å². The van der Waals surface area contributed by atoms with Crippen molar-refractivity contribution in [3.63, 3.8) is 0 Å². The first-order valence-electron chi connectivity index (χ1n) is 12.8. The van der Waals surface area contributed by atoms with Crippen LogP contribution in [0.15, 0.2) is 36.4 Å². The van der Waals surface area contributed by atoms with Gasteiger partial charge in [-0.1, -0.05) is 17.7 Å². The molecule has 0 aromatic heterocycles. The highest BCUT2D eigenvalue weighted by molar-refractivity contribution is 6.30. The maximum Gasteiger partial charge on any atom is 0.338 e. The smallest absolute Gasteiger partial charge is 0.338 e. The lowest BCUT2D eigenvalue weighted by Gasteiger charge is -2.43.